The molecule has 0 atom stereocenters. The van der Waals surface area contributed by atoms with E-state index < -0.39 is 46.2 Å². The molecule has 0 aliphatic rings. The van der Waals surface area contributed by atoms with Gasteiger partial charge >= 0.3 is 366 Å². The maximum atomic E-state index is 10.9. The summed E-state index contributed by atoms with van der Waals surface area (Å²) in [7, 11) is -11.7. The van der Waals surface area contributed by atoms with Crippen LogP contribution >= 0.6 is 0 Å². The Balaban J connectivity index is -0.0000000153. The summed E-state index contributed by atoms with van der Waals surface area (Å²) in [6.45, 7) is 0. The Kier molecular flexibility index (Phi) is 164. The molecule has 0 aliphatic heterocycles. The standard InChI is InChI=1S/C5H4N4O3.4BO3.12Na/c10-3-1-2(7-4(11)6-1)8-5(12)9-3;4*2-1(3)4;;;;;;;;;;;;/h(H4,6,7,8,9,10,11,12);;;;;;;;;;;;;;;;/q;4*-3;12*+1. The van der Waals surface area contributed by atoms with Gasteiger partial charge in [-0.2, -0.15) is 0 Å². The Hall–Kier alpha value is 9.73. The molecule has 2 heterocycles. The van der Waals surface area contributed by atoms with Crippen molar-refractivity contribution in [2.45, 2.75) is 0 Å². The molecule has 0 saturated carbocycles. The van der Waals surface area contributed by atoms with Crippen LogP contribution in [0.5, 0.6) is 0 Å². The molecule has 2 aromatic rings. The van der Waals surface area contributed by atoms with Crippen LogP contribution in [0, 0.1) is 0 Å². The largest absolute Gasteiger partial charge is 1.00 e. The van der Waals surface area contributed by atoms with E-state index in [1.54, 1.807) is 0 Å². The fraction of sp³-hybridized carbons (Fsp3) is 0. The number of imidazole rings is 1. The molecule has 4 N–H and O–H groups in total. The van der Waals surface area contributed by atoms with Gasteiger partial charge in [0.2, 0.25) is 0 Å². The summed E-state index contributed by atoms with van der Waals surface area (Å²) in [5.74, 6) is 0. The summed E-state index contributed by atoms with van der Waals surface area (Å²) in [6.07, 6.45) is 0. The van der Waals surface area contributed by atoms with Crippen LogP contribution < -0.4 is 432 Å². The second kappa shape index (κ2) is 66.9. The molecule has 0 amide bonds. The van der Waals surface area contributed by atoms with Crippen LogP contribution in [0.1, 0.15) is 0 Å². The summed E-state index contributed by atoms with van der Waals surface area (Å²) in [4.78, 5) is 41.0. The second-order valence-corrected chi connectivity index (χ2v) is 3.39. The topological polar surface area (TPSA) is 391 Å². The summed E-state index contributed by atoms with van der Waals surface area (Å²) in [5, 5.41) is 101. The molecule has 0 fully saturated rings. The van der Waals surface area contributed by atoms with Gasteiger partial charge in [-0.05, 0) is 0 Å². The molecule has 158 valence electrons. The van der Waals surface area contributed by atoms with Gasteiger partial charge in [0.15, 0.2) is 0 Å². The number of aromatic nitrogens is 4. The molecule has 35 heteroatoms. The molecule has 19 nitrogen and oxygen atoms in total. The van der Waals surface area contributed by atoms with Crippen molar-refractivity contribution in [2.24, 2.45) is 0 Å². The third-order valence-electron chi connectivity index (χ3n) is 1.42. The summed E-state index contributed by atoms with van der Waals surface area (Å²) in [5.41, 5.74) is -1.65. The predicted octanol–water partition coefficient (Wildman–Crippen LogP) is -53.5. The number of aromatic amines is 4. The third kappa shape index (κ3) is 91.6. The van der Waals surface area contributed by atoms with Crippen LogP contribution in [0.4, 0.5) is 0 Å². The van der Waals surface area contributed by atoms with Gasteiger partial charge < -0.3 is 60.3 Å². The van der Waals surface area contributed by atoms with Crippen LogP contribution in [0.15, 0.2) is 14.4 Å². The molecule has 2 rings (SSSR count). The van der Waals surface area contributed by atoms with E-state index in [9.17, 15) is 14.4 Å². The molecule has 0 saturated heterocycles. The van der Waals surface area contributed by atoms with Crippen molar-refractivity contribution >= 4 is 40.4 Å². The Morgan fingerprint density at radius 3 is 0.725 bits per heavy atom. The van der Waals surface area contributed by atoms with E-state index in [4.69, 9.17) is 60.3 Å². The molecule has 40 heavy (non-hydrogen) atoms. The number of H-pyrrole nitrogens is 4. The second-order valence-electron chi connectivity index (χ2n) is 3.39. The average Bonchev–Trinajstić information content (AvgIpc) is 2.76. The predicted molar refractivity (Wildman–Crippen MR) is 63.2 cm³/mol. The maximum Gasteiger partial charge on any atom is 1.00 e. The number of fused-ring (bicyclic) bond motifs is 1. The van der Waals surface area contributed by atoms with Crippen molar-refractivity contribution in [1.82, 2.24) is 19.9 Å². The first-order valence-electron chi connectivity index (χ1n) is 5.94. The fourth-order valence-electron chi connectivity index (χ4n) is 0.958. The van der Waals surface area contributed by atoms with E-state index in [0.29, 0.717) is 0 Å². The monoisotopic (exact) mass is 680 g/mol. The zero-order chi connectivity index (χ0) is 23.0. The summed E-state index contributed by atoms with van der Waals surface area (Å²) >= 11 is 0. The molecule has 0 aliphatic carbocycles. The molecular weight excluding hydrogens is 675 g/mol. The minimum atomic E-state index is -2.92. The van der Waals surface area contributed by atoms with E-state index >= 15 is 0 Å². The van der Waals surface area contributed by atoms with Crippen LogP contribution in [-0.2, 0) is 0 Å². The van der Waals surface area contributed by atoms with Gasteiger partial charge in [0.1, 0.15) is 11.2 Å². The molecule has 0 unspecified atom stereocenters. The van der Waals surface area contributed by atoms with E-state index in [1.807, 2.05) is 4.98 Å². The molecule has 0 radical (unpaired) electrons. The first-order chi connectivity index (χ1) is 12.6. The van der Waals surface area contributed by atoms with Crippen molar-refractivity contribution in [3.8, 4) is 0 Å². The van der Waals surface area contributed by atoms with Gasteiger partial charge in [0.05, 0.1) is 0 Å². The molecular formula is C5H4B4N4Na12O15. The minimum absolute atomic E-state index is 0. The van der Waals surface area contributed by atoms with Crippen LogP contribution in [0.25, 0.3) is 11.2 Å². The van der Waals surface area contributed by atoms with Crippen molar-refractivity contribution in [2.75, 3.05) is 0 Å². The SMILES string of the molecule is O=c1[nH]c(=O)c2[nH]c(=O)[nH]c2[nH]1.[Na+].[Na+].[Na+].[Na+].[Na+].[Na+].[Na+].[Na+].[Na+].[Na+].[Na+].[Na+].[O-]B([O-])[O-].[O-]B([O-])[O-].[O-]B([O-])[O-].[O-]B([O-])[O-]. The molecule has 0 bridgehead atoms. The van der Waals surface area contributed by atoms with Crippen molar-refractivity contribution in [1.29, 1.82) is 0 Å². The van der Waals surface area contributed by atoms with Crippen LogP contribution in [0.2, 0.25) is 0 Å². The Morgan fingerprint density at radius 1 is 0.350 bits per heavy atom. The summed E-state index contributed by atoms with van der Waals surface area (Å²) in [6, 6.07) is 0. The molecule has 0 spiro atoms. The number of hydrogen-bond donors (Lipinski definition) is 4. The van der Waals surface area contributed by atoms with E-state index in [2.05, 4.69) is 15.0 Å². The van der Waals surface area contributed by atoms with E-state index in [0.717, 1.165) is 0 Å². The molecule has 2 aromatic heterocycles. The van der Waals surface area contributed by atoms with Gasteiger partial charge in [0.25, 0.3) is 5.56 Å². The number of rotatable bonds is 0. The zero-order valence-electron chi connectivity index (χ0n) is 24.9. The van der Waals surface area contributed by atoms with Gasteiger partial charge in [-0.15, -0.1) is 0 Å². The number of nitrogens with one attached hydrogen (secondary N) is 4. The molecule has 0 aromatic carbocycles. The van der Waals surface area contributed by atoms with Gasteiger partial charge in [-0.25, -0.2) is 9.59 Å². The normalized spacial score (nSPS) is 5.90. The van der Waals surface area contributed by atoms with Gasteiger partial charge in [-0.3, -0.25) is 54.0 Å². The number of hydrogen-bond acceptors (Lipinski definition) is 15. The van der Waals surface area contributed by atoms with E-state index in [-0.39, 0.29) is 366 Å². The van der Waals surface area contributed by atoms with E-state index in [1.165, 1.54) is 0 Å². The van der Waals surface area contributed by atoms with Crippen LogP contribution in [0.3, 0.4) is 0 Å². The first-order valence-corrected chi connectivity index (χ1v) is 5.94. The zero-order valence-corrected chi connectivity index (χ0v) is 48.9. The Labute approximate surface area is 494 Å². The van der Waals surface area contributed by atoms with Gasteiger partial charge in [-0.1, -0.05) is 0 Å². The van der Waals surface area contributed by atoms with Crippen molar-refractivity contribution in [3.63, 3.8) is 0 Å². The first kappa shape index (κ1) is 97.9. The smallest absolute Gasteiger partial charge is 0.907 e. The fourth-order valence-corrected chi connectivity index (χ4v) is 0.958. The Morgan fingerprint density at radius 2 is 0.525 bits per heavy atom. The van der Waals surface area contributed by atoms with Gasteiger partial charge in [0, 0.05) is 0 Å². The van der Waals surface area contributed by atoms with Crippen LogP contribution in [-0.4, -0.2) is 49.2 Å². The van der Waals surface area contributed by atoms with Crippen molar-refractivity contribution < 1.29 is 415 Å². The Bertz CT molecular complexity index is 781. The quantitative estimate of drug-likeness (QED) is 0.188. The van der Waals surface area contributed by atoms with Crippen molar-refractivity contribution in [3.05, 3.63) is 31.3 Å². The average molecular weight is 679 g/mol. The maximum absolute atomic E-state index is 10.9. The third-order valence-corrected chi connectivity index (χ3v) is 1.42. The summed E-state index contributed by atoms with van der Waals surface area (Å²) < 4.78 is 0. The minimum Gasteiger partial charge on any atom is -0.907 e.